The molecule has 0 radical (unpaired) electrons. The monoisotopic (exact) mass is 376 g/mol. The molecule has 1 unspecified atom stereocenters. The van der Waals surface area contributed by atoms with E-state index in [0.717, 1.165) is 16.9 Å². The number of hydrogen-bond donors (Lipinski definition) is 1. The molecule has 26 heavy (non-hydrogen) atoms. The molecule has 2 aromatic rings. The normalized spacial score (nSPS) is 11.9. The van der Waals surface area contributed by atoms with Crippen molar-refractivity contribution in [2.45, 2.75) is 12.5 Å². The zero-order valence-corrected chi connectivity index (χ0v) is 16.3. The molecule has 6 heteroatoms. The molecule has 0 saturated carbocycles. The highest BCUT2D eigenvalue weighted by Crippen LogP contribution is 2.27. The number of nitrogens with zero attached hydrogens (tertiary/aromatic N) is 1. The van der Waals surface area contributed by atoms with E-state index in [9.17, 15) is 4.79 Å². The van der Waals surface area contributed by atoms with Crippen LogP contribution in [-0.4, -0.2) is 45.7 Å². The summed E-state index contributed by atoms with van der Waals surface area (Å²) in [6, 6.07) is 13.1. The van der Waals surface area contributed by atoms with Crippen LogP contribution in [-0.2, 0) is 11.2 Å². The lowest BCUT2D eigenvalue weighted by Gasteiger charge is -2.26. The SMILES string of the molecule is COc1ccc(Cl)cc1CC(=O)NCC(c1ccccc1OC)N(C)C. The summed E-state index contributed by atoms with van der Waals surface area (Å²) in [5, 5.41) is 3.58. The average molecular weight is 377 g/mol. The number of ether oxygens (including phenoxy) is 2. The van der Waals surface area contributed by atoms with E-state index in [-0.39, 0.29) is 18.4 Å². The van der Waals surface area contributed by atoms with Gasteiger partial charge < -0.3 is 19.7 Å². The van der Waals surface area contributed by atoms with Gasteiger partial charge in [0.25, 0.3) is 0 Å². The molecule has 0 fully saturated rings. The summed E-state index contributed by atoms with van der Waals surface area (Å²) in [7, 11) is 7.18. The highest BCUT2D eigenvalue weighted by atomic mass is 35.5. The lowest BCUT2D eigenvalue weighted by Crippen LogP contribution is -2.35. The second kappa shape index (κ2) is 9.46. The van der Waals surface area contributed by atoms with Gasteiger partial charge in [0.2, 0.25) is 5.91 Å². The quantitative estimate of drug-likeness (QED) is 0.767. The molecular formula is C20H25ClN2O3. The number of carbonyl (C=O) groups is 1. The van der Waals surface area contributed by atoms with Gasteiger partial charge in [-0.1, -0.05) is 29.8 Å². The molecule has 0 spiro atoms. The van der Waals surface area contributed by atoms with Gasteiger partial charge in [-0.3, -0.25) is 4.79 Å². The third kappa shape index (κ3) is 5.13. The fraction of sp³-hybridized carbons (Fsp3) is 0.350. The maximum atomic E-state index is 12.4. The summed E-state index contributed by atoms with van der Waals surface area (Å²) < 4.78 is 10.8. The van der Waals surface area contributed by atoms with Crippen LogP contribution in [0.1, 0.15) is 17.2 Å². The maximum Gasteiger partial charge on any atom is 0.224 e. The molecule has 0 aliphatic heterocycles. The first-order valence-electron chi connectivity index (χ1n) is 8.34. The molecule has 1 N–H and O–H groups in total. The molecule has 2 rings (SSSR count). The van der Waals surface area contributed by atoms with Gasteiger partial charge in [0.05, 0.1) is 26.7 Å². The Bertz CT molecular complexity index is 750. The first-order valence-corrected chi connectivity index (χ1v) is 8.72. The Hall–Kier alpha value is -2.24. The molecule has 0 aliphatic rings. The van der Waals surface area contributed by atoms with Crippen molar-refractivity contribution >= 4 is 17.5 Å². The van der Waals surface area contributed by atoms with E-state index in [0.29, 0.717) is 17.3 Å². The van der Waals surface area contributed by atoms with Crippen LogP contribution in [0.15, 0.2) is 42.5 Å². The number of halogens is 1. The van der Waals surface area contributed by atoms with Crippen LogP contribution in [0, 0.1) is 0 Å². The minimum atomic E-state index is -0.0904. The van der Waals surface area contributed by atoms with Crippen LogP contribution in [0.2, 0.25) is 5.02 Å². The average Bonchev–Trinajstić information content (AvgIpc) is 2.62. The molecule has 140 valence electrons. The van der Waals surface area contributed by atoms with Gasteiger partial charge >= 0.3 is 0 Å². The largest absolute Gasteiger partial charge is 0.496 e. The van der Waals surface area contributed by atoms with Crippen molar-refractivity contribution in [3.05, 3.63) is 58.6 Å². The van der Waals surface area contributed by atoms with Crippen molar-refractivity contribution in [3.63, 3.8) is 0 Å². The molecule has 0 bridgehead atoms. The maximum absolute atomic E-state index is 12.4. The number of para-hydroxylation sites is 1. The van der Waals surface area contributed by atoms with Gasteiger partial charge in [0.15, 0.2) is 0 Å². The van der Waals surface area contributed by atoms with Gasteiger partial charge in [0, 0.05) is 22.7 Å². The van der Waals surface area contributed by atoms with E-state index in [1.54, 1.807) is 32.4 Å². The third-order valence-corrected chi connectivity index (χ3v) is 4.44. The highest BCUT2D eigenvalue weighted by molar-refractivity contribution is 6.30. The first-order chi connectivity index (χ1) is 12.5. The zero-order valence-electron chi connectivity index (χ0n) is 15.6. The lowest BCUT2D eigenvalue weighted by atomic mass is 10.0. The fourth-order valence-electron chi connectivity index (χ4n) is 2.84. The van der Waals surface area contributed by atoms with Crippen molar-refractivity contribution in [1.29, 1.82) is 0 Å². The summed E-state index contributed by atoms with van der Waals surface area (Å²) >= 11 is 6.03. The first kappa shape index (κ1) is 20.1. The van der Waals surface area contributed by atoms with Crippen molar-refractivity contribution in [2.24, 2.45) is 0 Å². The number of nitrogens with one attached hydrogen (secondary N) is 1. The third-order valence-electron chi connectivity index (χ3n) is 4.21. The van der Waals surface area contributed by atoms with Crippen LogP contribution in [0.25, 0.3) is 0 Å². The summed E-state index contributed by atoms with van der Waals surface area (Å²) in [6.07, 6.45) is 0.204. The fourth-order valence-corrected chi connectivity index (χ4v) is 3.04. The minimum Gasteiger partial charge on any atom is -0.496 e. The molecule has 0 heterocycles. The van der Waals surface area contributed by atoms with E-state index in [4.69, 9.17) is 21.1 Å². The summed E-state index contributed by atoms with van der Waals surface area (Å²) in [5.74, 6) is 1.36. The van der Waals surface area contributed by atoms with Crippen LogP contribution in [0.3, 0.4) is 0 Å². The van der Waals surface area contributed by atoms with Gasteiger partial charge in [-0.2, -0.15) is 0 Å². The standard InChI is InChI=1S/C20H25ClN2O3/c1-23(2)17(16-7-5-6-8-19(16)26-4)13-22-20(24)12-14-11-15(21)9-10-18(14)25-3/h5-11,17H,12-13H2,1-4H3,(H,22,24). The van der Waals surface area contributed by atoms with Gasteiger partial charge in [-0.05, 0) is 38.4 Å². The number of hydrogen-bond acceptors (Lipinski definition) is 4. The van der Waals surface area contributed by atoms with Crippen molar-refractivity contribution in [2.75, 3.05) is 34.9 Å². The van der Waals surface area contributed by atoms with E-state index in [1.165, 1.54) is 0 Å². The number of benzene rings is 2. The Kier molecular flexibility index (Phi) is 7.30. The second-order valence-electron chi connectivity index (χ2n) is 6.16. The Morgan fingerprint density at radius 3 is 2.46 bits per heavy atom. The van der Waals surface area contributed by atoms with Crippen LogP contribution in [0.5, 0.6) is 11.5 Å². The predicted octanol–water partition coefficient (Wildman–Crippen LogP) is 3.32. The topological polar surface area (TPSA) is 50.8 Å². The highest BCUT2D eigenvalue weighted by Gasteiger charge is 2.19. The number of amides is 1. The summed E-state index contributed by atoms with van der Waals surface area (Å²) in [4.78, 5) is 14.5. The number of likely N-dealkylation sites (N-methyl/N-ethyl adjacent to an activating group) is 1. The minimum absolute atomic E-state index is 0.00337. The lowest BCUT2D eigenvalue weighted by molar-refractivity contribution is -0.120. The Balaban J connectivity index is 2.08. The number of rotatable bonds is 8. The molecule has 2 aromatic carbocycles. The van der Waals surface area contributed by atoms with Crippen LogP contribution >= 0.6 is 11.6 Å². The molecule has 0 saturated heterocycles. The van der Waals surface area contributed by atoms with Crippen LogP contribution < -0.4 is 14.8 Å². The molecule has 0 aromatic heterocycles. The Morgan fingerprint density at radius 2 is 1.81 bits per heavy atom. The smallest absolute Gasteiger partial charge is 0.224 e. The molecule has 1 atom stereocenters. The van der Waals surface area contributed by atoms with Gasteiger partial charge in [-0.15, -0.1) is 0 Å². The van der Waals surface area contributed by atoms with E-state index < -0.39 is 0 Å². The van der Waals surface area contributed by atoms with E-state index in [2.05, 4.69) is 10.2 Å². The van der Waals surface area contributed by atoms with E-state index >= 15 is 0 Å². The molecular weight excluding hydrogens is 352 g/mol. The summed E-state index contributed by atoms with van der Waals surface area (Å²) in [5.41, 5.74) is 1.79. The number of methoxy groups -OCH3 is 2. The molecule has 5 nitrogen and oxygen atoms in total. The second-order valence-corrected chi connectivity index (χ2v) is 6.59. The zero-order chi connectivity index (χ0) is 19.1. The Labute approximate surface area is 159 Å². The van der Waals surface area contributed by atoms with E-state index in [1.807, 2.05) is 38.4 Å². The van der Waals surface area contributed by atoms with Crippen LogP contribution in [0.4, 0.5) is 0 Å². The van der Waals surface area contributed by atoms with Crippen molar-refractivity contribution in [3.8, 4) is 11.5 Å². The van der Waals surface area contributed by atoms with Crippen molar-refractivity contribution < 1.29 is 14.3 Å². The van der Waals surface area contributed by atoms with Gasteiger partial charge in [0.1, 0.15) is 11.5 Å². The number of carbonyl (C=O) groups excluding carboxylic acids is 1. The molecule has 1 amide bonds. The Morgan fingerprint density at radius 1 is 1.12 bits per heavy atom. The van der Waals surface area contributed by atoms with Crippen molar-refractivity contribution in [1.82, 2.24) is 10.2 Å². The molecule has 0 aliphatic carbocycles. The predicted molar refractivity (Wildman–Crippen MR) is 104 cm³/mol. The summed E-state index contributed by atoms with van der Waals surface area (Å²) in [6.45, 7) is 0.467. The van der Waals surface area contributed by atoms with Gasteiger partial charge in [-0.25, -0.2) is 0 Å².